The molecule has 0 saturated heterocycles. The van der Waals surface area contributed by atoms with E-state index in [1.54, 1.807) is 24.3 Å². The molecule has 0 aliphatic heterocycles. The Balaban J connectivity index is 2.18. The number of nitrogen functional groups attached to an aromatic ring is 1. The zero-order chi connectivity index (χ0) is 12.4. The molecular weight excluding hydrogens is 236 g/mol. The number of benzene rings is 1. The molecule has 0 heterocycles. The van der Waals surface area contributed by atoms with Gasteiger partial charge in [0.05, 0.1) is 0 Å². The summed E-state index contributed by atoms with van der Waals surface area (Å²) < 4.78 is 0. The van der Waals surface area contributed by atoms with Gasteiger partial charge in [0.25, 0.3) is 0 Å². The first-order valence-electron chi connectivity index (χ1n) is 5.59. The smallest absolute Gasteiger partial charge is 0.157 e. The lowest BCUT2D eigenvalue weighted by molar-refractivity contribution is -0.115. The minimum atomic E-state index is 0.168. The molecule has 1 aliphatic carbocycles. The SMILES string of the molecule is CC1CC(=O)C=C(Nc2cc(N)cc(Cl)c2)C1. The number of ketones is 1. The third-order valence-corrected chi connectivity index (χ3v) is 2.90. The van der Waals surface area contributed by atoms with Crippen molar-refractivity contribution in [2.45, 2.75) is 19.8 Å². The van der Waals surface area contributed by atoms with E-state index in [1.807, 2.05) is 0 Å². The third kappa shape index (κ3) is 3.24. The van der Waals surface area contributed by atoms with Crippen LogP contribution in [0.3, 0.4) is 0 Å². The van der Waals surface area contributed by atoms with Gasteiger partial charge in [0.2, 0.25) is 0 Å². The molecule has 1 aromatic rings. The summed E-state index contributed by atoms with van der Waals surface area (Å²) in [5, 5.41) is 3.79. The van der Waals surface area contributed by atoms with Crippen LogP contribution in [-0.4, -0.2) is 5.78 Å². The van der Waals surface area contributed by atoms with Crippen molar-refractivity contribution in [3.05, 3.63) is 35.0 Å². The van der Waals surface area contributed by atoms with E-state index in [0.29, 0.717) is 23.0 Å². The lowest BCUT2D eigenvalue weighted by atomic mass is 9.93. The van der Waals surface area contributed by atoms with Gasteiger partial charge in [0.1, 0.15) is 0 Å². The Hall–Kier alpha value is -1.48. The second-order valence-electron chi connectivity index (χ2n) is 4.55. The zero-order valence-corrected chi connectivity index (χ0v) is 10.4. The summed E-state index contributed by atoms with van der Waals surface area (Å²) in [6, 6.07) is 5.29. The number of nitrogens with one attached hydrogen (secondary N) is 1. The van der Waals surface area contributed by atoms with E-state index in [4.69, 9.17) is 17.3 Å². The van der Waals surface area contributed by atoms with Gasteiger partial charge in [-0.2, -0.15) is 0 Å². The maximum Gasteiger partial charge on any atom is 0.157 e. The van der Waals surface area contributed by atoms with Crippen LogP contribution >= 0.6 is 11.6 Å². The number of carbonyl (C=O) groups is 1. The van der Waals surface area contributed by atoms with Gasteiger partial charge in [-0.15, -0.1) is 0 Å². The van der Waals surface area contributed by atoms with Gasteiger partial charge in [-0.05, 0) is 30.5 Å². The van der Waals surface area contributed by atoms with Crippen LogP contribution in [0, 0.1) is 5.92 Å². The maximum absolute atomic E-state index is 11.4. The van der Waals surface area contributed by atoms with Crippen LogP contribution in [0.5, 0.6) is 0 Å². The van der Waals surface area contributed by atoms with Crippen LogP contribution in [0.25, 0.3) is 0 Å². The quantitative estimate of drug-likeness (QED) is 0.793. The molecular formula is C13H15ClN2O. The van der Waals surface area contributed by atoms with Gasteiger partial charge >= 0.3 is 0 Å². The van der Waals surface area contributed by atoms with E-state index in [2.05, 4.69) is 12.2 Å². The molecule has 1 unspecified atom stereocenters. The minimum absolute atomic E-state index is 0.168. The van der Waals surface area contributed by atoms with Crippen molar-refractivity contribution in [3.63, 3.8) is 0 Å². The highest BCUT2D eigenvalue weighted by atomic mass is 35.5. The second kappa shape index (κ2) is 4.80. The van der Waals surface area contributed by atoms with E-state index in [0.717, 1.165) is 17.8 Å². The van der Waals surface area contributed by atoms with Crippen LogP contribution in [0.4, 0.5) is 11.4 Å². The fraction of sp³-hybridized carbons (Fsp3) is 0.308. The van der Waals surface area contributed by atoms with Crippen molar-refractivity contribution < 1.29 is 4.79 Å². The van der Waals surface area contributed by atoms with E-state index in [-0.39, 0.29) is 5.78 Å². The molecule has 0 fully saturated rings. The molecule has 0 amide bonds. The first-order valence-corrected chi connectivity index (χ1v) is 5.97. The average molecular weight is 251 g/mol. The number of carbonyl (C=O) groups excluding carboxylic acids is 1. The van der Waals surface area contributed by atoms with Gasteiger partial charge in [0.15, 0.2) is 5.78 Å². The second-order valence-corrected chi connectivity index (χ2v) is 4.98. The van der Waals surface area contributed by atoms with Crippen molar-refractivity contribution in [2.24, 2.45) is 5.92 Å². The van der Waals surface area contributed by atoms with Gasteiger partial charge in [0, 0.05) is 34.6 Å². The molecule has 0 radical (unpaired) electrons. The summed E-state index contributed by atoms with van der Waals surface area (Å²) in [4.78, 5) is 11.4. The van der Waals surface area contributed by atoms with E-state index in [9.17, 15) is 4.79 Å². The molecule has 1 aromatic carbocycles. The largest absolute Gasteiger partial charge is 0.399 e. The zero-order valence-electron chi connectivity index (χ0n) is 9.66. The van der Waals surface area contributed by atoms with Crippen LogP contribution in [-0.2, 0) is 4.79 Å². The predicted octanol–water partition coefficient (Wildman–Crippen LogP) is 3.22. The molecule has 0 bridgehead atoms. The number of allylic oxidation sites excluding steroid dienone is 2. The standard InChI is InChI=1S/C13H15ClN2O/c1-8-2-11(7-13(17)3-8)16-12-5-9(14)4-10(15)6-12/h4-8,16H,2-3,15H2,1H3. The molecule has 1 atom stereocenters. The third-order valence-electron chi connectivity index (χ3n) is 2.68. The summed E-state index contributed by atoms with van der Waals surface area (Å²) in [5.41, 5.74) is 8.06. The molecule has 3 nitrogen and oxygen atoms in total. The summed E-state index contributed by atoms with van der Waals surface area (Å²) in [6.07, 6.45) is 3.16. The van der Waals surface area contributed by atoms with Crippen molar-refractivity contribution in [2.75, 3.05) is 11.1 Å². The number of hydrogen-bond acceptors (Lipinski definition) is 3. The molecule has 3 N–H and O–H groups in total. The lowest BCUT2D eigenvalue weighted by Gasteiger charge is -2.19. The highest BCUT2D eigenvalue weighted by Crippen LogP contribution is 2.26. The highest BCUT2D eigenvalue weighted by Gasteiger charge is 2.16. The van der Waals surface area contributed by atoms with Gasteiger partial charge in [-0.3, -0.25) is 4.79 Å². The number of rotatable bonds is 2. The molecule has 0 aromatic heterocycles. The summed E-state index contributed by atoms with van der Waals surface area (Å²) in [7, 11) is 0. The molecule has 4 heteroatoms. The lowest BCUT2D eigenvalue weighted by Crippen LogP contribution is -2.15. The average Bonchev–Trinajstić information content (AvgIpc) is 2.13. The summed E-state index contributed by atoms with van der Waals surface area (Å²) in [6.45, 7) is 2.07. The molecule has 0 spiro atoms. The molecule has 1 aliphatic rings. The predicted molar refractivity (Wildman–Crippen MR) is 71.0 cm³/mol. The minimum Gasteiger partial charge on any atom is -0.399 e. The van der Waals surface area contributed by atoms with E-state index < -0.39 is 0 Å². The van der Waals surface area contributed by atoms with Crippen LogP contribution < -0.4 is 11.1 Å². The van der Waals surface area contributed by atoms with Gasteiger partial charge < -0.3 is 11.1 Å². The number of halogens is 1. The summed E-state index contributed by atoms with van der Waals surface area (Å²) in [5.74, 6) is 0.549. The fourth-order valence-electron chi connectivity index (χ4n) is 2.06. The van der Waals surface area contributed by atoms with Crippen molar-refractivity contribution >= 4 is 28.8 Å². The van der Waals surface area contributed by atoms with Gasteiger partial charge in [-0.1, -0.05) is 18.5 Å². The summed E-state index contributed by atoms with van der Waals surface area (Å²) >= 11 is 5.92. The maximum atomic E-state index is 11.4. The van der Waals surface area contributed by atoms with Crippen molar-refractivity contribution in [1.82, 2.24) is 0 Å². The van der Waals surface area contributed by atoms with Crippen LogP contribution in [0.15, 0.2) is 30.0 Å². The Labute approximate surface area is 106 Å². The van der Waals surface area contributed by atoms with Crippen LogP contribution in [0.2, 0.25) is 5.02 Å². The Morgan fingerprint density at radius 2 is 2.12 bits per heavy atom. The molecule has 0 saturated carbocycles. The first kappa shape index (κ1) is 12.0. The Morgan fingerprint density at radius 1 is 1.35 bits per heavy atom. The fourth-order valence-corrected chi connectivity index (χ4v) is 2.30. The highest BCUT2D eigenvalue weighted by molar-refractivity contribution is 6.31. The van der Waals surface area contributed by atoms with Gasteiger partial charge in [-0.25, -0.2) is 0 Å². The first-order chi connectivity index (χ1) is 8.02. The molecule has 90 valence electrons. The molecule has 2 rings (SSSR count). The van der Waals surface area contributed by atoms with Crippen molar-refractivity contribution in [3.8, 4) is 0 Å². The van der Waals surface area contributed by atoms with Crippen molar-refractivity contribution in [1.29, 1.82) is 0 Å². The Kier molecular flexibility index (Phi) is 3.38. The van der Waals surface area contributed by atoms with E-state index in [1.165, 1.54) is 0 Å². The number of anilines is 2. The monoisotopic (exact) mass is 250 g/mol. The normalized spacial score (nSPS) is 20.0. The molecule has 17 heavy (non-hydrogen) atoms. The Morgan fingerprint density at radius 3 is 2.76 bits per heavy atom. The van der Waals surface area contributed by atoms with Crippen LogP contribution in [0.1, 0.15) is 19.8 Å². The van der Waals surface area contributed by atoms with E-state index >= 15 is 0 Å². The number of nitrogens with two attached hydrogens (primary N) is 1. The number of hydrogen-bond donors (Lipinski definition) is 2. The topological polar surface area (TPSA) is 55.1 Å². The Bertz CT molecular complexity index is 462.